The van der Waals surface area contributed by atoms with Crippen LogP contribution in [0.1, 0.15) is 44.7 Å². The predicted octanol–water partition coefficient (Wildman–Crippen LogP) is 3.08. The van der Waals surface area contributed by atoms with E-state index in [0.717, 1.165) is 0 Å². The van der Waals surface area contributed by atoms with Crippen molar-refractivity contribution in [2.75, 3.05) is 6.54 Å². The molecule has 0 saturated carbocycles. The molecule has 0 aliphatic carbocycles. The van der Waals surface area contributed by atoms with E-state index >= 15 is 0 Å². The number of rotatable bonds is 1. The second-order valence-electron chi connectivity index (χ2n) is 4.89. The van der Waals surface area contributed by atoms with Gasteiger partial charge in [0, 0.05) is 17.1 Å². The summed E-state index contributed by atoms with van der Waals surface area (Å²) in [5, 5.41) is 3.37. The van der Waals surface area contributed by atoms with Gasteiger partial charge in [0.15, 0.2) is 0 Å². The molecule has 1 aliphatic rings. The molecule has 78 valence electrons. The number of thiazole rings is 1. The summed E-state index contributed by atoms with van der Waals surface area (Å²) in [5.74, 6) is 0. The third-order valence-electron chi connectivity index (χ3n) is 2.85. The molecule has 0 aromatic carbocycles. The summed E-state index contributed by atoms with van der Waals surface area (Å²) in [7, 11) is 0. The van der Waals surface area contributed by atoms with Crippen LogP contribution in [0.2, 0.25) is 0 Å². The zero-order chi connectivity index (χ0) is 10.2. The zero-order valence-corrected chi connectivity index (χ0v) is 9.97. The molecule has 2 nitrogen and oxygen atoms in total. The highest BCUT2D eigenvalue weighted by Crippen LogP contribution is 2.37. The van der Waals surface area contributed by atoms with Gasteiger partial charge in [-0.2, -0.15) is 0 Å². The molecule has 1 unspecified atom stereocenters. The van der Waals surface area contributed by atoms with Gasteiger partial charge in [0.05, 0.1) is 6.04 Å². The van der Waals surface area contributed by atoms with Crippen LogP contribution in [0.15, 0.2) is 11.6 Å². The molecule has 0 N–H and O–H groups in total. The van der Waals surface area contributed by atoms with Crippen LogP contribution >= 0.6 is 11.3 Å². The van der Waals surface area contributed by atoms with E-state index in [4.69, 9.17) is 0 Å². The van der Waals surface area contributed by atoms with Gasteiger partial charge in [-0.05, 0) is 40.2 Å². The van der Waals surface area contributed by atoms with E-state index in [2.05, 4.69) is 36.0 Å². The fourth-order valence-electron chi connectivity index (χ4n) is 2.23. The minimum Gasteiger partial charge on any atom is -0.289 e. The van der Waals surface area contributed by atoms with Crippen LogP contribution in [0, 0.1) is 0 Å². The van der Waals surface area contributed by atoms with Gasteiger partial charge in [-0.3, -0.25) is 4.90 Å². The van der Waals surface area contributed by atoms with Crippen LogP contribution in [0.5, 0.6) is 0 Å². The van der Waals surface area contributed by atoms with Crippen LogP contribution in [0.3, 0.4) is 0 Å². The van der Waals surface area contributed by atoms with Gasteiger partial charge < -0.3 is 0 Å². The van der Waals surface area contributed by atoms with Crippen molar-refractivity contribution in [3.63, 3.8) is 0 Å². The van der Waals surface area contributed by atoms with Crippen molar-refractivity contribution in [1.82, 2.24) is 9.88 Å². The maximum absolute atomic E-state index is 4.44. The van der Waals surface area contributed by atoms with Crippen LogP contribution in [0.4, 0.5) is 0 Å². The molecule has 1 aromatic rings. The average Bonchev–Trinajstić information content (AvgIpc) is 2.73. The molecular weight excluding hydrogens is 192 g/mol. The van der Waals surface area contributed by atoms with Crippen LogP contribution < -0.4 is 0 Å². The maximum atomic E-state index is 4.44. The van der Waals surface area contributed by atoms with Gasteiger partial charge in [-0.1, -0.05) is 0 Å². The third-order valence-corrected chi connectivity index (χ3v) is 3.73. The van der Waals surface area contributed by atoms with Gasteiger partial charge in [0.1, 0.15) is 5.01 Å². The lowest BCUT2D eigenvalue weighted by molar-refractivity contribution is 0.121. The number of hydrogen-bond acceptors (Lipinski definition) is 3. The lowest BCUT2D eigenvalue weighted by Crippen LogP contribution is -2.40. The van der Waals surface area contributed by atoms with Gasteiger partial charge in [0.2, 0.25) is 0 Å². The Morgan fingerprint density at radius 3 is 2.86 bits per heavy atom. The summed E-state index contributed by atoms with van der Waals surface area (Å²) in [4.78, 5) is 7.01. The molecule has 1 fully saturated rings. The minimum atomic E-state index is 0.271. The van der Waals surface area contributed by atoms with E-state index in [1.807, 2.05) is 6.20 Å². The van der Waals surface area contributed by atoms with E-state index < -0.39 is 0 Å². The van der Waals surface area contributed by atoms with E-state index in [-0.39, 0.29) is 5.54 Å². The topological polar surface area (TPSA) is 16.1 Å². The van der Waals surface area contributed by atoms with Crippen LogP contribution in [-0.2, 0) is 0 Å². The Kier molecular flexibility index (Phi) is 2.62. The maximum Gasteiger partial charge on any atom is 0.110 e. The molecule has 1 atom stereocenters. The lowest BCUT2D eigenvalue weighted by Gasteiger charge is -2.36. The number of nitrogens with zero attached hydrogens (tertiary/aromatic N) is 2. The molecule has 0 bridgehead atoms. The summed E-state index contributed by atoms with van der Waals surface area (Å²) >= 11 is 1.79. The summed E-state index contributed by atoms with van der Waals surface area (Å²) in [6.45, 7) is 8.09. The Bertz CT molecular complexity index is 287. The normalized spacial score (nSPS) is 24.4. The second-order valence-corrected chi connectivity index (χ2v) is 5.82. The van der Waals surface area contributed by atoms with Crippen molar-refractivity contribution in [3.8, 4) is 0 Å². The molecule has 2 rings (SSSR count). The van der Waals surface area contributed by atoms with E-state index in [0.29, 0.717) is 6.04 Å². The fourth-order valence-corrected chi connectivity index (χ4v) is 3.01. The van der Waals surface area contributed by atoms with Crippen molar-refractivity contribution in [2.24, 2.45) is 0 Å². The largest absolute Gasteiger partial charge is 0.289 e. The van der Waals surface area contributed by atoms with Crippen molar-refractivity contribution in [3.05, 3.63) is 16.6 Å². The Balaban J connectivity index is 2.20. The van der Waals surface area contributed by atoms with Crippen molar-refractivity contribution in [2.45, 2.75) is 45.2 Å². The monoisotopic (exact) mass is 210 g/mol. The highest BCUT2D eigenvalue weighted by Gasteiger charge is 2.34. The number of likely N-dealkylation sites (tertiary alicyclic amines) is 1. The Morgan fingerprint density at radius 1 is 1.50 bits per heavy atom. The quantitative estimate of drug-likeness (QED) is 0.708. The SMILES string of the molecule is CC(C)(C)N1CCCC1c1nccs1. The van der Waals surface area contributed by atoms with Gasteiger partial charge in [0.25, 0.3) is 0 Å². The highest BCUT2D eigenvalue weighted by atomic mass is 32.1. The minimum absolute atomic E-state index is 0.271. The van der Waals surface area contributed by atoms with Crippen LogP contribution in [0.25, 0.3) is 0 Å². The average molecular weight is 210 g/mol. The molecule has 0 radical (unpaired) electrons. The summed E-state index contributed by atoms with van der Waals surface area (Å²) in [6, 6.07) is 0.565. The van der Waals surface area contributed by atoms with Gasteiger partial charge in [-0.15, -0.1) is 11.3 Å². The van der Waals surface area contributed by atoms with Crippen molar-refractivity contribution in [1.29, 1.82) is 0 Å². The summed E-state index contributed by atoms with van der Waals surface area (Å²) in [5.41, 5.74) is 0.271. The fraction of sp³-hybridized carbons (Fsp3) is 0.727. The standard InChI is InChI=1S/C11H18N2S/c1-11(2,3)13-7-4-5-9(13)10-12-6-8-14-10/h6,8-9H,4-5,7H2,1-3H3. The Labute approximate surface area is 90.0 Å². The first-order valence-electron chi connectivity index (χ1n) is 5.25. The Hall–Kier alpha value is -0.410. The van der Waals surface area contributed by atoms with Gasteiger partial charge in [-0.25, -0.2) is 4.98 Å². The molecule has 1 aliphatic heterocycles. The molecule has 0 amide bonds. The summed E-state index contributed by atoms with van der Waals surface area (Å²) in [6.07, 6.45) is 4.49. The number of hydrogen-bond donors (Lipinski definition) is 0. The molecule has 2 heterocycles. The Morgan fingerprint density at radius 2 is 2.29 bits per heavy atom. The molecule has 0 spiro atoms. The highest BCUT2D eigenvalue weighted by molar-refractivity contribution is 7.09. The molecule has 1 saturated heterocycles. The van der Waals surface area contributed by atoms with Crippen LogP contribution in [-0.4, -0.2) is 22.0 Å². The zero-order valence-electron chi connectivity index (χ0n) is 9.16. The van der Waals surface area contributed by atoms with Crippen molar-refractivity contribution < 1.29 is 0 Å². The predicted molar refractivity (Wildman–Crippen MR) is 60.5 cm³/mol. The van der Waals surface area contributed by atoms with Crippen molar-refractivity contribution >= 4 is 11.3 Å². The van der Waals surface area contributed by atoms with E-state index in [1.165, 1.54) is 24.4 Å². The molecular formula is C11H18N2S. The third kappa shape index (κ3) is 1.84. The first-order chi connectivity index (χ1) is 6.59. The number of aromatic nitrogens is 1. The first kappa shape index (κ1) is 10.1. The van der Waals surface area contributed by atoms with Gasteiger partial charge >= 0.3 is 0 Å². The van der Waals surface area contributed by atoms with E-state index in [9.17, 15) is 0 Å². The summed E-state index contributed by atoms with van der Waals surface area (Å²) < 4.78 is 0. The second kappa shape index (κ2) is 3.63. The first-order valence-corrected chi connectivity index (χ1v) is 6.13. The molecule has 3 heteroatoms. The smallest absolute Gasteiger partial charge is 0.110 e. The van der Waals surface area contributed by atoms with E-state index in [1.54, 1.807) is 11.3 Å². The molecule has 1 aromatic heterocycles. The molecule has 14 heavy (non-hydrogen) atoms. The lowest BCUT2D eigenvalue weighted by atomic mass is 10.0.